The number of benzene rings is 3. The number of alkyl halides is 1. The molecule has 0 aliphatic carbocycles. The summed E-state index contributed by atoms with van der Waals surface area (Å²) in [5.74, 6) is 0.650. The van der Waals surface area contributed by atoms with Crippen LogP contribution in [-0.2, 0) is 16.7 Å². The summed E-state index contributed by atoms with van der Waals surface area (Å²) in [4.78, 5) is 25.2. The van der Waals surface area contributed by atoms with E-state index in [0.29, 0.717) is 5.92 Å². The van der Waals surface area contributed by atoms with E-state index >= 15 is 0 Å². The lowest BCUT2D eigenvalue weighted by molar-refractivity contribution is 0.185. The fraction of sp³-hybridized carbons (Fsp3) is 0.243. The van der Waals surface area contributed by atoms with Crippen LogP contribution in [0, 0.1) is 12.8 Å². The van der Waals surface area contributed by atoms with Crippen LogP contribution in [0.15, 0.2) is 87.0 Å². The van der Waals surface area contributed by atoms with E-state index < -0.39 is 0 Å². The molecule has 3 aromatic heterocycles. The highest BCUT2D eigenvalue weighted by Crippen LogP contribution is 2.33. The maximum absolute atomic E-state index is 10.4. The summed E-state index contributed by atoms with van der Waals surface area (Å²) in [6.45, 7) is 5.09. The first-order chi connectivity index (χ1) is 24.1. The number of hydrogen-bond acceptors (Lipinski definition) is 5. The third-order valence-electron chi connectivity index (χ3n) is 8.43. The van der Waals surface area contributed by atoms with Gasteiger partial charge in [0.15, 0.2) is 7.28 Å². The minimum absolute atomic E-state index is 0.650. The van der Waals surface area contributed by atoms with Gasteiger partial charge in [0.05, 0.1) is 21.3 Å². The van der Waals surface area contributed by atoms with E-state index in [-0.39, 0.29) is 0 Å². The zero-order valence-corrected chi connectivity index (χ0v) is 35.6. The summed E-state index contributed by atoms with van der Waals surface area (Å²) in [5.41, 5.74) is 3.55. The molecule has 0 amide bonds. The lowest BCUT2D eigenvalue weighted by Crippen LogP contribution is -2.33. The molecule has 4 heterocycles. The normalized spacial score (nSPS) is 13.4. The topological polar surface area (TPSA) is 59.0 Å². The summed E-state index contributed by atoms with van der Waals surface area (Å²) in [5, 5.41) is 9.31. The number of fused-ring (bicyclic) bond motifs is 3. The fourth-order valence-corrected chi connectivity index (χ4v) is 8.45. The molecule has 1 saturated heterocycles. The van der Waals surface area contributed by atoms with Crippen molar-refractivity contribution in [3.63, 3.8) is 0 Å². The van der Waals surface area contributed by atoms with E-state index in [0.717, 1.165) is 122 Å². The smallest absolute Gasteiger partial charge is 0.197 e. The van der Waals surface area contributed by atoms with E-state index in [1.54, 1.807) is 44.5 Å². The second-order valence-electron chi connectivity index (χ2n) is 12.0. The third-order valence-corrected chi connectivity index (χ3v) is 11.9. The van der Waals surface area contributed by atoms with E-state index in [1.165, 1.54) is 5.56 Å². The van der Waals surface area contributed by atoms with Crippen molar-refractivity contribution < 1.29 is 4.79 Å². The number of nitrogens with zero attached hydrogens (tertiary/aromatic N) is 4. The molecular weight excluding hydrogens is 953 g/mol. The van der Waals surface area contributed by atoms with Crippen LogP contribution in [0.4, 0.5) is 0 Å². The van der Waals surface area contributed by atoms with Gasteiger partial charge in [0, 0.05) is 94.8 Å². The van der Waals surface area contributed by atoms with Gasteiger partial charge in [-0.15, -0.1) is 0 Å². The van der Waals surface area contributed by atoms with Gasteiger partial charge in [-0.2, -0.15) is 0 Å². The first-order valence-corrected chi connectivity index (χ1v) is 20.4. The Hall–Kier alpha value is -1.63. The molecule has 0 bridgehead atoms. The highest BCUT2D eigenvalue weighted by atomic mass is 79.9. The molecule has 1 aliphatic rings. The summed E-state index contributed by atoms with van der Waals surface area (Å²) in [6.07, 6.45) is 14.9. The standard InChI is InChI=1S/C17H18BBrClN2O.C10H6Br2ClN.C10H7BrClN/c19-16-9-21-8-15-14(16)5-13(6-17(15)20)10-22-3-1-12(2-4-22)7-18-11-23;11-3-6-1-7-8(10(13)2-6)4-14-5-9(7)12;1-6-2-7-8(10(12)3-6)4-13-5-9(7)11/h5-6,8-9,11-12H,1-4,7,10H2;1-2,4-5H,3H2;2-5H,1H3. The first-order valence-electron chi connectivity index (χ1n) is 15.8. The predicted octanol–water partition coefficient (Wildman–Crippen LogP) is 12.7. The van der Waals surface area contributed by atoms with Crippen LogP contribution in [0.3, 0.4) is 0 Å². The number of carbonyl (C=O) groups is 1. The summed E-state index contributed by atoms with van der Waals surface area (Å²) >= 11 is 32.5. The second kappa shape index (κ2) is 18.9. The van der Waals surface area contributed by atoms with Crippen LogP contribution in [0.1, 0.15) is 29.5 Å². The van der Waals surface area contributed by atoms with Crippen molar-refractivity contribution in [3.8, 4) is 0 Å². The number of piperidine rings is 1. The Morgan fingerprint density at radius 1 is 0.700 bits per heavy atom. The minimum Gasteiger partial charge on any atom is -0.316 e. The molecule has 13 heteroatoms. The monoisotopic (exact) mass is 979 g/mol. The van der Waals surface area contributed by atoms with Crippen molar-refractivity contribution in [1.29, 1.82) is 0 Å². The van der Waals surface area contributed by atoms with Crippen molar-refractivity contribution in [3.05, 3.63) is 119 Å². The second-order valence-corrected chi connectivity index (χ2v) is 16.4. The largest absolute Gasteiger partial charge is 0.316 e. The maximum Gasteiger partial charge on any atom is 0.197 e. The number of carbonyl (C=O) groups excluding carboxylic acids is 1. The van der Waals surface area contributed by atoms with Gasteiger partial charge < -0.3 is 4.79 Å². The molecule has 3 aromatic carbocycles. The lowest BCUT2D eigenvalue weighted by atomic mass is 9.69. The van der Waals surface area contributed by atoms with Crippen molar-refractivity contribution in [2.75, 3.05) is 13.1 Å². The average molecular weight is 984 g/mol. The molecule has 0 unspecified atom stereocenters. The molecule has 0 saturated carbocycles. The Bertz CT molecular complexity index is 2130. The molecule has 0 N–H and O–H groups in total. The molecule has 257 valence electrons. The lowest BCUT2D eigenvalue weighted by Gasteiger charge is -2.31. The zero-order valence-electron chi connectivity index (χ0n) is 27.0. The Labute approximate surface area is 341 Å². The molecule has 0 atom stereocenters. The fourth-order valence-electron chi connectivity index (χ4n) is 5.88. The van der Waals surface area contributed by atoms with Crippen molar-refractivity contribution in [2.45, 2.75) is 38.0 Å². The molecular formula is C37H31BBr4Cl3N4O. The number of likely N-dealkylation sites (tertiary alicyclic amines) is 1. The summed E-state index contributed by atoms with van der Waals surface area (Å²) in [7, 11) is 1.75. The summed E-state index contributed by atoms with van der Waals surface area (Å²) < 4.78 is 2.93. The number of hydrogen-bond donors (Lipinski definition) is 0. The van der Waals surface area contributed by atoms with Gasteiger partial charge in [0.25, 0.3) is 0 Å². The van der Waals surface area contributed by atoms with Crippen LogP contribution in [0.2, 0.25) is 21.4 Å². The zero-order chi connectivity index (χ0) is 35.8. The number of aryl methyl sites for hydroxylation is 1. The van der Waals surface area contributed by atoms with Crippen LogP contribution in [0.25, 0.3) is 32.3 Å². The Morgan fingerprint density at radius 2 is 1.16 bits per heavy atom. The van der Waals surface area contributed by atoms with E-state index in [4.69, 9.17) is 34.8 Å². The molecule has 1 radical (unpaired) electrons. The molecule has 0 spiro atoms. The minimum atomic E-state index is 0.650. The van der Waals surface area contributed by atoms with Gasteiger partial charge in [-0.05, 0) is 134 Å². The van der Waals surface area contributed by atoms with E-state index in [2.05, 4.69) is 102 Å². The SMILES string of the molecule is Cc1cc(Cl)c2cncc(Br)c2c1.Clc1cc(CBr)cc2c(Br)cncc12.O=C[B]CC1CCN(Cc2cc(Cl)c3cncc(Br)c3c2)CC1. The van der Waals surface area contributed by atoms with E-state index in [1.807, 2.05) is 25.1 Å². The third kappa shape index (κ3) is 10.3. The Balaban J connectivity index is 0.000000155. The van der Waals surface area contributed by atoms with E-state index in [9.17, 15) is 4.79 Å². The average Bonchev–Trinajstić information content (AvgIpc) is 3.10. The highest BCUT2D eigenvalue weighted by molar-refractivity contribution is 9.11. The van der Waals surface area contributed by atoms with Gasteiger partial charge in [0.2, 0.25) is 0 Å². The van der Waals surface area contributed by atoms with Crippen LogP contribution >= 0.6 is 98.5 Å². The van der Waals surface area contributed by atoms with Crippen LogP contribution in [-0.4, -0.2) is 46.4 Å². The molecule has 1 aliphatic heterocycles. The van der Waals surface area contributed by atoms with Gasteiger partial charge in [0.1, 0.15) is 0 Å². The number of halogens is 7. The van der Waals surface area contributed by atoms with Gasteiger partial charge in [-0.25, -0.2) is 0 Å². The van der Waals surface area contributed by atoms with Gasteiger partial charge >= 0.3 is 0 Å². The van der Waals surface area contributed by atoms with Crippen LogP contribution < -0.4 is 0 Å². The Morgan fingerprint density at radius 3 is 1.66 bits per heavy atom. The number of aromatic nitrogens is 3. The highest BCUT2D eigenvalue weighted by Gasteiger charge is 2.19. The molecule has 6 aromatic rings. The summed E-state index contributed by atoms with van der Waals surface area (Å²) in [6, 6.07) is 12.3. The number of rotatable bonds is 6. The molecule has 5 nitrogen and oxygen atoms in total. The predicted molar refractivity (Wildman–Crippen MR) is 226 cm³/mol. The Kier molecular flexibility index (Phi) is 15.0. The van der Waals surface area contributed by atoms with Crippen molar-refractivity contribution in [2.24, 2.45) is 5.92 Å². The maximum atomic E-state index is 10.4. The van der Waals surface area contributed by atoms with Gasteiger partial charge in [-0.3, -0.25) is 19.9 Å². The van der Waals surface area contributed by atoms with Crippen molar-refractivity contribution in [1.82, 2.24) is 19.9 Å². The molecule has 1 fully saturated rings. The molecule has 7 rings (SSSR count). The van der Waals surface area contributed by atoms with Gasteiger partial charge in [-0.1, -0.05) is 63.1 Å². The first kappa shape index (κ1) is 39.6. The van der Waals surface area contributed by atoms with Crippen LogP contribution in [0.5, 0.6) is 0 Å². The number of pyridine rings is 3. The molecule has 50 heavy (non-hydrogen) atoms. The van der Waals surface area contributed by atoms with Crippen molar-refractivity contribution >= 4 is 144 Å². The quantitative estimate of drug-likeness (QED) is 0.0945.